The van der Waals surface area contributed by atoms with Crippen LogP contribution in [0.3, 0.4) is 0 Å². The number of nitrogens with one attached hydrogen (secondary N) is 1. The van der Waals surface area contributed by atoms with Crippen molar-refractivity contribution in [2.45, 2.75) is 13.5 Å². The number of carbonyl (C=O) groups excluding carboxylic acids is 2. The van der Waals surface area contributed by atoms with E-state index < -0.39 is 12.0 Å². The zero-order chi connectivity index (χ0) is 11.4. The minimum absolute atomic E-state index is 0.0102. The predicted molar refractivity (Wildman–Crippen MR) is 54.2 cm³/mol. The number of imide groups is 1. The molecule has 0 aromatic carbocycles. The molecule has 0 aliphatic rings. The summed E-state index contributed by atoms with van der Waals surface area (Å²) in [4.78, 5) is 22.0. The number of nitrogen functional groups attached to an aromatic ring is 1. The van der Waals surface area contributed by atoms with Gasteiger partial charge in [-0.3, -0.25) is 15.8 Å². The number of methoxy groups -OCH3 is 1. The lowest BCUT2D eigenvalue weighted by Gasteiger charge is -2.01. The van der Waals surface area contributed by atoms with Gasteiger partial charge >= 0.3 is 11.2 Å². The third kappa shape index (κ3) is 2.91. The lowest BCUT2D eigenvalue weighted by Crippen LogP contribution is -2.46. The number of ether oxygens (including phenoxy) is 1. The van der Waals surface area contributed by atoms with Crippen LogP contribution in [0.5, 0.6) is 0 Å². The van der Waals surface area contributed by atoms with E-state index in [1.54, 1.807) is 4.57 Å². The van der Waals surface area contributed by atoms with Gasteiger partial charge in [0, 0.05) is 5.38 Å². The van der Waals surface area contributed by atoms with Crippen LogP contribution in [0.1, 0.15) is 5.69 Å². The van der Waals surface area contributed by atoms with Crippen molar-refractivity contribution in [2.75, 3.05) is 12.8 Å². The number of hydrogen-bond donors (Lipinski definition) is 2. The van der Waals surface area contributed by atoms with Crippen LogP contribution in [-0.4, -0.2) is 19.1 Å². The molecule has 0 atom stereocenters. The van der Waals surface area contributed by atoms with Crippen LogP contribution in [0, 0.1) is 6.92 Å². The number of alkyl carbamates (subject to hydrolysis) is 1. The fraction of sp³-hybridized carbons (Fsp3) is 0.375. The molecular formula is C8H12N3O3S+. The Bertz CT molecular complexity index is 369. The summed E-state index contributed by atoms with van der Waals surface area (Å²) in [5.74, 6) is -0.458. The van der Waals surface area contributed by atoms with Crippen molar-refractivity contribution in [3.63, 3.8) is 0 Å². The van der Waals surface area contributed by atoms with Crippen molar-refractivity contribution in [3.8, 4) is 0 Å². The van der Waals surface area contributed by atoms with E-state index in [0.717, 1.165) is 5.69 Å². The van der Waals surface area contributed by atoms with E-state index in [4.69, 9.17) is 5.73 Å². The maximum absolute atomic E-state index is 11.3. The summed E-state index contributed by atoms with van der Waals surface area (Å²) < 4.78 is 5.91. The summed E-state index contributed by atoms with van der Waals surface area (Å²) in [5, 5.41) is 4.41. The second kappa shape index (κ2) is 4.74. The van der Waals surface area contributed by atoms with Crippen LogP contribution in [0.4, 0.5) is 9.93 Å². The standard InChI is InChI=1S/C8H11N3O3S/c1-5-4-15-7(9)11(5)3-6(12)10-8(13)14-2/h4,9H,3H2,1-2H3,(H,10,12,13)/p+1. The highest BCUT2D eigenvalue weighted by molar-refractivity contribution is 7.13. The maximum Gasteiger partial charge on any atom is 0.413 e. The first-order valence-electron chi connectivity index (χ1n) is 4.15. The Balaban J connectivity index is 2.63. The molecule has 0 unspecified atom stereocenters. The molecule has 15 heavy (non-hydrogen) atoms. The van der Waals surface area contributed by atoms with Crippen molar-refractivity contribution < 1.29 is 18.9 Å². The van der Waals surface area contributed by atoms with Crippen LogP contribution < -0.4 is 15.6 Å². The molecule has 1 rings (SSSR count). The molecule has 1 aromatic rings. The van der Waals surface area contributed by atoms with E-state index in [1.807, 2.05) is 12.3 Å². The average Bonchev–Trinajstić information content (AvgIpc) is 2.49. The average molecular weight is 230 g/mol. The Hall–Kier alpha value is -1.63. The molecule has 7 heteroatoms. The highest BCUT2D eigenvalue weighted by atomic mass is 32.1. The first-order chi connectivity index (χ1) is 7.04. The molecule has 2 amide bonds. The smallest absolute Gasteiger partial charge is 0.413 e. The Kier molecular flexibility index (Phi) is 3.62. The van der Waals surface area contributed by atoms with Gasteiger partial charge in [-0.25, -0.2) is 9.36 Å². The van der Waals surface area contributed by atoms with E-state index in [1.165, 1.54) is 18.4 Å². The molecule has 0 aliphatic carbocycles. The second-order valence-corrected chi connectivity index (χ2v) is 3.73. The topological polar surface area (TPSA) is 85.3 Å². The van der Waals surface area contributed by atoms with Crippen molar-refractivity contribution in [3.05, 3.63) is 11.1 Å². The van der Waals surface area contributed by atoms with Crippen LogP contribution in [0.25, 0.3) is 0 Å². The molecule has 82 valence electrons. The fourth-order valence-electron chi connectivity index (χ4n) is 0.997. The molecule has 0 bridgehead atoms. The summed E-state index contributed by atoms with van der Waals surface area (Å²) in [6.45, 7) is 1.84. The molecule has 0 saturated carbocycles. The normalized spacial score (nSPS) is 9.73. The number of rotatable bonds is 2. The van der Waals surface area contributed by atoms with Crippen molar-refractivity contribution >= 4 is 28.5 Å². The Morgan fingerprint density at radius 3 is 2.80 bits per heavy atom. The SMILES string of the molecule is COC(=O)NC(=O)C[n+]1c(C)csc1N. The third-order valence-corrected chi connectivity index (χ3v) is 2.69. The molecule has 1 heterocycles. The summed E-state index contributed by atoms with van der Waals surface area (Å²) in [7, 11) is 1.19. The van der Waals surface area contributed by atoms with E-state index in [9.17, 15) is 9.59 Å². The van der Waals surface area contributed by atoms with Gasteiger partial charge in [-0.05, 0) is 6.92 Å². The zero-order valence-electron chi connectivity index (χ0n) is 8.44. The Labute approximate surface area is 90.7 Å². The predicted octanol–water partition coefficient (Wildman–Crippen LogP) is -0.191. The number of anilines is 1. The zero-order valence-corrected chi connectivity index (χ0v) is 9.26. The van der Waals surface area contributed by atoms with Crippen LogP contribution in [-0.2, 0) is 16.1 Å². The highest BCUT2D eigenvalue weighted by Crippen LogP contribution is 2.07. The number of thiazole rings is 1. The summed E-state index contributed by atoms with van der Waals surface area (Å²) in [6.07, 6.45) is -0.771. The van der Waals surface area contributed by atoms with Gasteiger partial charge in [-0.2, -0.15) is 0 Å². The number of nitrogens with zero attached hydrogens (tertiary/aromatic N) is 1. The van der Waals surface area contributed by atoms with E-state index in [0.29, 0.717) is 5.13 Å². The largest absolute Gasteiger partial charge is 0.453 e. The minimum Gasteiger partial charge on any atom is -0.453 e. The number of carbonyl (C=O) groups is 2. The third-order valence-electron chi connectivity index (χ3n) is 1.77. The molecule has 0 saturated heterocycles. The lowest BCUT2D eigenvalue weighted by atomic mass is 10.5. The van der Waals surface area contributed by atoms with Gasteiger partial charge in [0.1, 0.15) is 5.69 Å². The first-order valence-corrected chi connectivity index (χ1v) is 5.03. The molecule has 0 spiro atoms. The van der Waals surface area contributed by atoms with Crippen LogP contribution in [0.15, 0.2) is 5.38 Å². The van der Waals surface area contributed by atoms with Crippen molar-refractivity contribution in [1.29, 1.82) is 0 Å². The van der Waals surface area contributed by atoms with Gasteiger partial charge in [-0.15, -0.1) is 0 Å². The molecule has 1 aromatic heterocycles. The molecular weight excluding hydrogens is 218 g/mol. The van der Waals surface area contributed by atoms with Gasteiger partial charge in [0.15, 0.2) is 6.54 Å². The van der Waals surface area contributed by atoms with Crippen molar-refractivity contribution in [2.24, 2.45) is 0 Å². The molecule has 0 aliphatic heterocycles. The number of aromatic nitrogens is 1. The van der Waals surface area contributed by atoms with E-state index in [-0.39, 0.29) is 6.54 Å². The van der Waals surface area contributed by atoms with Gasteiger partial charge in [-0.1, -0.05) is 11.3 Å². The first kappa shape index (κ1) is 11.4. The van der Waals surface area contributed by atoms with Gasteiger partial charge in [0.25, 0.3) is 5.91 Å². The lowest BCUT2D eigenvalue weighted by molar-refractivity contribution is -0.672. The van der Waals surface area contributed by atoms with Gasteiger partial charge in [0.2, 0.25) is 0 Å². The monoisotopic (exact) mass is 230 g/mol. The summed E-state index contributed by atoms with van der Waals surface area (Å²) in [5.41, 5.74) is 6.51. The number of amides is 2. The van der Waals surface area contributed by atoms with Gasteiger partial charge in [0.05, 0.1) is 7.11 Å². The van der Waals surface area contributed by atoms with Crippen LogP contribution >= 0.6 is 11.3 Å². The van der Waals surface area contributed by atoms with Crippen LogP contribution in [0.2, 0.25) is 0 Å². The maximum atomic E-state index is 11.3. The van der Waals surface area contributed by atoms with Crippen molar-refractivity contribution in [1.82, 2.24) is 5.32 Å². The fourth-order valence-corrected chi connectivity index (χ4v) is 1.75. The second-order valence-electron chi connectivity index (χ2n) is 2.84. The Morgan fingerprint density at radius 2 is 2.33 bits per heavy atom. The quantitative estimate of drug-likeness (QED) is 0.689. The number of hydrogen-bond acceptors (Lipinski definition) is 5. The Morgan fingerprint density at radius 1 is 1.67 bits per heavy atom. The molecule has 0 fully saturated rings. The van der Waals surface area contributed by atoms with E-state index in [2.05, 4.69) is 10.1 Å². The molecule has 0 radical (unpaired) electrons. The molecule has 3 N–H and O–H groups in total. The van der Waals surface area contributed by atoms with E-state index >= 15 is 0 Å². The van der Waals surface area contributed by atoms with Gasteiger partial charge < -0.3 is 4.74 Å². The molecule has 6 nitrogen and oxygen atoms in total. The summed E-state index contributed by atoms with van der Waals surface area (Å²) in [6, 6.07) is 0. The minimum atomic E-state index is -0.771. The number of aryl methyl sites for hydroxylation is 1. The number of nitrogens with two attached hydrogens (primary N) is 1. The summed E-state index contributed by atoms with van der Waals surface area (Å²) >= 11 is 1.34. The highest BCUT2D eigenvalue weighted by Gasteiger charge is 2.16.